The fraction of sp³-hybridized carbons (Fsp3) is 0.400. The Balaban J connectivity index is 2.19. The van der Waals surface area contributed by atoms with Crippen LogP contribution in [0.25, 0.3) is 0 Å². The summed E-state index contributed by atoms with van der Waals surface area (Å²) in [7, 11) is 1.95. The highest BCUT2D eigenvalue weighted by molar-refractivity contribution is 6.42. The van der Waals surface area contributed by atoms with Crippen LogP contribution in [0.2, 0.25) is 10.0 Å². The predicted octanol–water partition coefficient (Wildman–Crippen LogP) is 4.10. The zero-order valence-electron chi connectivity index (χ0n) is 11.7. The van der Waals surface area contributed by atoms with Gasteiger partial charge in [0.15, 0.2) is 0 Å². The number of nitrogens with one attached hydrogen (secondary N) is 1. The van der Waals surface area contributed by atoms with Crippen LogP contribution in [0.4, 0.5) is 0 Å². The number of benzene rings is 1. The number of halogens is 2. The molecule has 0 saturated heterocycles. The minimum atomic E-state index is 0.161. The highest BCUT2D eigenvalue weighted by Gasteiger charge is 2.16. The second-order valence-electron chi connectivity index (χ2n) is 4.77. The molecule has 0 saturated carbocycles. The molecule has 1 N–H and O–H groups in total. The molecule has 0 spiro atoms. The van der Waals surface area contributed by atoms with E-state index in [0.717, 1.165) is 30.8 Å². The first-order chi connectivity index (χ1) is 9.65. The quantitative estimate of drug-likeness (QED) is 0.870. The molecule has 1 heterocycles. The summed E-state index contributed by atoms with van der Waals surface area (Å²) in [5, 5.41) is 4.51. The number of hydrogen-bond donors (Lipinski definition) is 1. The Morgan fingerprint density at radius 2 is 2.10 bits per heavy atom. The molecule has 5 heteroatoms. The van der Waals surface area contributed by atoms with Gasteiger partial charge in [0.1, 0.15) is 5.82 Å². The van der Waals surface area contributed by atoms with Gasteiger partial charge in [-0.05, 0) is 37.6 Å². The SMILES string of the molecule is CCCn1ccnc1C(Cc1ccc(Cl)c(Cl)c1)NC. The number of rotatable bonds is 6. The summed E-state index contributed by atoms with van der Waals surface area (Å²) >= 11 is 12.0. The number of aryl methyl sites for hydroxylation is 1. The summed E-state index contributed by atoms with van der Waals surface area (Å²) in [4.78, 5) is 4.48. The zero-order chi connectivity index (χ0) is 14.5. The van der Waals surface area contributed by atoms with E-state index in [1.165, 1.54) is 0 Å². The van der Waals surface area contributed by atoms with Gasteiger partial charge in [-0.1, -0.05) is 36.2 Å². The van der Waals surface area contributed by atoms with E-state index in [1.54, 1.807) is 0 Å². The normalized spacial score (nSPS) is 12.6. The zero-order valence-corrected chi connectivity index (χ0v) is 13.2. The molecule has 0 aliphatic rings. The molecule has 108 valence electrons. The van der Waals surface area contributed by atoms with Crippen LogP contribution in [0.5, 0.6) is 0 Å². The highest BCUT2D eigenvalue weighted by Crippen LogP contribution is 2.25. The van der Waals surface area contributed by atoms with Gasteiger partial charge in [-0.3, -0.25) is 0 Å². The second kappa shape index (κ2) is 7.11. The molecule has 1 aromatic carbocycles. The van der Waals surface area contributed by atoms with Crippen molar-refractivity contribution in [2.45, 2.75) is 32.4 Å². The van der Waals surface area contributed by atoms with Crippen molar-refractivity contribution in [2.24, 2.45) is 0 Å². The van der Waals surface area contributed by atoms with E-state index in [0.29, 0.717) is 10.0 Å². The van der Waals surface area contributed by atoms with Crippen molar-refractivity contribution in [1.29, 1.82) is 0 Å². The van der Waals surface area contributed by atoms with Gasteiger partial charge in [-0.15, -0.1) is 0 Å². The monoisotopic (exact) mass is 311 g/mol. The molecule has 1 aromatic heterocycles. The maximum Gasteiger partial charge on any atom is 0.126 e. The topological polar surface area (TPSA) is 29.9 Å². The van der Waals surface area contributed by atoms with Crippen LogP contribution in [0, 0.1) is 0 Å². The van der Waals surface area contributed by atoms with Crippen LogP contribution in [0.15, 0.2) is 30.6 Å². The molecular weight excluding hydrogens is 293 g/mol. The van der Waals surface area contributed by atoms with E-state index < -0.39 is 0 Å². The van der Waals surface area contributed by atoms with Crippen LogP contribution < -0.4 is 5.32 Å². The van der Waals surface area contributed by atoms with Crippen LogP contribution in [0.3, 0.4) is 0 Å². The molecule has 0 radical (unpaired) electrons. The third-order valence-corrected chi connectivity index (χ3v) is 4.04. The molecule has 0 fully saturated rings. The summed E-state index contributed by atoms with van der Waals surface area (Å²) in [5.74, 6) is 1.06. The first kappa shape index (κ1) is 15.4. The molecule has 3 nitrogen and oxygen atoms in total. The average molecular weight is 312 g/mol. The number of hydrogen-bond acceptors (Lipinski definition) is 2. The number of nitrogens with zero attached hydrogens (tertiary/aromatic N) is 2. The Kier molecular flexibility index (Phi) is 5.46. The first-order valence-electron chi connectivity index (χ1n) is 6.78. The van der Waals surface area contributed by atoms with E-state index in [2.05, 4.69) is 21.8 Å². The molecule has 0 aliphatic heterocycles. The molecule has 2 aromatic rings. The van der Waals surface area contributed by atoms with Crippen molar-refractivity contribution in [3.63, 3.8) is 0 Å². The molecular formula is C15H19Cl2N3. The Bertz CT molecular complexity index is 566. The maximum atomic E-state index is 6.07. The number of imidazole rings is 1. The van der Waals surface area contributed by atoms with E-state index in [1.807, 2.05) is 37.6 Å². The fourth-order valence-electron chi connectivity index (χ4n) is 2.29. The van der Waals surface area contributed by atoms with Crippen molar-refractivity contribution in [2.75, 3.05) is 7.05 Å². The van der Waals surface area contributed by atoms with E-state index in [9.17, 15) is 0 Å². The third-order valence-electron chi connectivity index (χ3n) is 3.30. The number of likely N-dealkylation sites (N-methyl/N-ethyl adjacent to an activating group) is 1. The van der Waals surface area contributed by atoms with Crippen LogP contribution >= 0.6 is 23.2 Å². The van der Waals surface area contributed by atoms with Gasteiger partial charge < -0.3 is 9.88 Å². The number of aromatic nitrogens is 2. The standard InChI is InChI=1S/C15H19Cl2N3/c1-3-7-20-8-6-19-15(20)14(18-2)10-11-4-5-12(16)13(17)9-11/h4-6,8-9,14,18H,3,7,10H2,1-2H3. The summed E-state index contributed by atoms with van der Waals surface area (Å²) < 4.78 is 2.19. The van der Waals surface area contributed by atoms with Crippen LogP contribution in [0.1, 0.15) is 30.8 Å². The molecule has 0 aliphatic carbocycles. The third kappa shape index (κ3) is 3.54. The summed E-state index contributed by atoms with van der Waals surface area (Å²) in [6, 6.07) is 5.92. The lowest BCUT2D eigenvalue weighted by Crippen LogP contribution is -2.23. The van der Waals surface area contributed by atoms with Gasteiger partial charge in [0.2, 0.25) is 0 Å². The molecule has 0 bridgehead atoms. The van der Waals surface area contributed by atoms with Crippen molar-refractivity contribution in [3.8, 4) is 0 Å². The van der Waals surface area contributed by atoms with E-state index >= 15 is 0 Å². The fourth-order valence-corrected chi connectivity index (χ4v) is 2.61. The average Bonchev–Trinajstić information content (AvgIpc) is 2.88. The van der Waals surface area contributed by atoms with Crippen LogP contribution in [-0.2, 0) is 13.0 Å². The largest absolute Gasteiger partial charge is 0.334 e. The van der Waals surface area contributed by atoms with Crippen molar-refractivity contribution >= 4 is 23.2 Å². The molecule has 1 atom stereocenters. The Labute approximate surface area is 129 Å². The lowest BCUT2D eigenvalue weighted by molar-refractivity contribution is 0.512. The van der Waals surface area contributed by atoms with Gasteiger partial charge >= 0.3 is 0 Å². The van der Waals surface area contributed by atoms with Gasteiger partial charge in [0.25, 0.3) is 0 Å². The van der Waals surface area contributed by atoms with Gasteiger partial charge in [0, 0.05) is 18.9 Å². The summed E-state index contributed by atoms with van der Waals surface area (Å²) in [5.41, 5.74) is 1.14. The summed E-state index contributed by atoms with van der Waals surface area (Å²) in [6.45, 7) is 3.14. The van der Waals surface area contributed by atoms with Crippen LogP contribution in [-0.4, -0.2) is 16.6 Å². The van der Waals surface area contributed by atoms with Crippen molar-refractivity contribution in [3.05, 3.63) is 52.0 Å². The first-order valence-corrected chi connectivity index (χ1v) is 7.53. The molecule has 2 rings (SSSR count). The smallest absolute Gasteiger partial charge is 0.126 e. The van der Waals surface area contributed by atoms with Gasteiger partial charge in [0.05, 0.1) is 16.1 Å². The predicted molar refractivity (Wildman–Crippen MR) is 84.5 cm³/mol. The second-order valence-corrected chi connectivity index (χ2v) is 5.59. The van der Waals surface area contributed by atoms with Crippen molar-refractivity contribution < 1.29 is 0 Å². The van der Waals surface area contributed by atoms with Gasteiger partial charge in [-0.2, -0.15) is 0 Å². The Morgan fingerprint density at radius 3 is 2.75 bits per heavy atom. The minimum absolute atomic E-state index is 0.161. The Morgan fingerprint density at radius 1 is 1.30 bits per heavy atom. The highest BCUT2D eigenvalue weighted by atomic mass is 35.5. The lowest BCUT2D eigenvalue weighted by atomic mass is 10.1. The van der Waals surface area contributed by atoms with E-state index in [-0.39, 0.29) is 6.04 Å². The van der Waals surface area contributed by atoms with Crippen molar-refractivity contribution in [1.82, 2.24) is 14.9 Å². The van der Waals surface area contributed by atoms with Gasteiger partial charge in [-0.25, -0.2) is 4.98 Å². The molecule has 1 unspecified atom stereocenters. The summed E-state index contributed by atoms with van der Waals surface area (Å²) in [6.07, 6.45) is 5.79. The van der Waals surface area contributed by atoms with E-state index in [4.69, 9.17) is 23.2 Å². The minimum Gasteiger partial charge on any atom is -0.334 e. The maximum absolute atomic E-state index is 6.07. The molecule has 0 amide bonds. The lowest BCUT2D eigenvalue weighted by Gasteiger charge is -2.18. The Hall–Kier alpha value is -1.03. The molecule has 20 heavy (non-hydrogen) atoms.